The Balaban J connectivity index is 1.36. The van der Waals surface area contributed by atoms with E-state index >= 15 is 0 Å². The molecule has 1 aliphatic rings. The number of amides is 1. The number of thiazole rings is 1. The van der Waals surface area contributed by atoms with Crippen LogP contribution >= 0.6 is 34.5 Å². The van der Waals surface area contributed by atoms with Crippen LogP contribution in [0.2, 0.25) is 10.0 Å². The van der Waals surface area contributed by atoms with Gasteiger partial charge in [0.05, 0.1) is 28.5 Å². The molecule has 1 amide bonds. The molecular weight excluding hydrogens is 488 g/mol. The van der Waals surface area contributed by atoms with Gasteiger partial charge in [0.1, 0.15) is 17.7 Å². The van der Waals surface area contributed by atoms with Gasteiger partial charge in [0.15, 0.2) is 5.13 Å². The van der Waals surface area contributed by atoms with Crippen LogP contribution in [0.3, 0.4) is 0 Å². The highest BCUT2D eigenvalue weighted by Crippen LogP contribution is 2.36. The third kappa shape index (κ3) is 6.13. The van der Waals surface area contributed by atoms with Crippen LogP contribution in [0, 0.1) is 5.82 Å². The van der Waals surface area contributed by atoms with Gasteiger partial charge in [-0.2, -0.15) is 0 Å². The summed E-state index contributed by atoms with van der Waals surface area (Å²) in [5.74, 6) is -0.0315. The second-order valence-corrected chi connectivity index (χ2v) is 9.59. The number of halogens is 3. The van der Waals surface area contributed by atoms with Crippen molar-refractivity contribution in [2.45, 2.75) is 25.9 Å². The first-order valence-corrected chi connectivity index (χ1v) is 12.3. The summed E-state index contributed by atoms with van der Waals surface area (Å²) in [5.41, 5.74) is 1.15. The first-order chi connectivity index (χ1) is 15.9. The maximum Gasteiger partial charge on any atom is 0.226 e. The zero-order valence-electron chi connectivity index (χ0n) is 18.1. The number of hydrogen-bond acceptors (Lipinski definition) is 6. The number of benzene rings is 2. The standard InChI is InChI=1S/C23H24Cl2FN3O3S/c1-14(21-16(24)5-6-17(26)22(21)25)32-15-4-7-18-19(13-15)33-23(27-18)28-20(30)3-2-8-29-9-11-31-12-10-29/h4-7,13-14H,2-3,8-12H2,1H3,(H,27,28,30). The van der Waals surface area contributed by atoms with Crippen molar-refractivity contribution < 1.29 is 18.7 Å². The molecule has 1 N–H and O–H groups in total. The number of fused-ring (bicyclic) bond motifs is 1. The molecule has 1 unspecified atom stereocenters. The van der Waals surface area contributed by atoms with E-state index < -0.39 is 11.9 Å². The zero-order chi connectivity index (χ0) is 23.4. The summed E-state index contributed by atoms with van der Waals surface area (Å²) >= 11 is 13.7. The number of nitrogens with one attached hydrogen (secondary N) is 1. The highest BCUT2D eigenvalue weighted by atomic mass is 35.5. The molecule has 6 nitrogen and oxygen atoms in total. The third-order valence-corrected chi connectivity index (χ3v) is 7.03. The quantitative estimate of drug-likeness (QED) is 0.379. The van der Waals surface area contributed by atoms with E-state index in [1.54, 1.807) is 13.0 Å². The topological polar surface area (TPSA) is 63.7 Å². The number of aromatic nitrogens is 1. The summed E-state index contributed by atoms with van der Waals surface area (Å²) in [6, 6.07) is 8.10. The fraction of sp³-hybridized carbons (Fsp3) is 0.391. The molecule has 1 saturated heterocycles. The molecule has 0 saturated carbocycles. The lowest BCUT2D eigenvalue weighted by Gasteiger charge is -2.26. The molecule has 0 aliphatic carbocycles. The molecule has 1 aromatic heterocycles. The molecule has 2 heterocycles. The molecule has 33 heavy (non-hydrogen) atoms. The van der Waals surface area contributed by atoms with Gasteiger partial charge < -0.3 is 14.8 Å². The van der Waals surface area contributed by atoms with E-state index in [1.807, 2.05) is 12.1 Å². The average molecular weight is 512 g/mol. The van der Waals surface area contributed by atoms with Gasteiger partial charge in [0, 0.05) is 30.1 Å². The van der Waals surface area contributed by atoms with Crippen molar-refractivity contribution >= 4 is 55.8 Å². The average Bonchev–Trinajstić information content (AvgIpc) is 3.18. The van der Waals surface area contributed by atoms with E-state index in [4.69, 9.17) is 32.7 Å². The Kier molecular flexibility index (Phi) is 8.03. The van der Waals surface area contributed by atoms with Crippen LogP contribution < -0.4 is 10.1 Å². The van der Waals surface area contributed by atoms with Crippen LogP contribution in [0.5, 0.6) is 5.75 Å². The minimum atomic E-state index is -0.559. The molecule has 2 aromatic carbocycles. The molecule has 3 aromatic rings. The van der Waals surface area contributed by atoms with Gasteiger partial charge in [-0.15, -0.1) is 0 Å². The van der Waals surface area contributed by atoms with E-state index in [0.29, 0.717) is 27.9 Å². The van der Waals surface area contributed by atoms with Gasteiger partial charge in [0.2, 0.25) is 5.91 Å². The Morgan fingerprint density at radius 3 is 2.88 bits per heavy atom. The van der Waals surface area contributed by atoms with Crippen molar-refractivity contribution in [3.63, 3.8) is 0 Å². The summed E-state index contributed by atoms with van der Waals surface area (Å²) in [6.07, 6.45) is 0.670. The largest absolute Gasteiger partial charge is 0.486 e. The summed E-state index contributed by atoms with van der Waals surface area (Å²) in [6.45, 7) is 5.98. The third-order valence-electron chi connectivity index (χ3n) is 5.39. The number of carbonyl (C=O) groups is 1. The van der Waals surface area contributed by atoms with Crippen molar-refractivity contribution in [3.8, 4) is 5.75 Å². The molecule has 4 rings (SSSR count). The number of rotatable bonds is 8. The zero-order valence-corrected chi connectivity index (χ0v) is 20.4. The van der Waals surface area contributed by atoms with Crippen molar-refractivity contribution in [1.82, 2.24) is 9.88 Å². The molecular formula is C23H24Cl2FN3O3S. The second kappa shape index (κ2) is 11.0. The number of morpholine rings is 1. The van der Waals surface area contributed by atoms with Gasteiger partial charge in [-0.25, -0.2) is 9.37 Å². The van der Waals surface area contributed by atoms with Gasteiger partial charge in [-0.3, -0.25) is 9.69 Å². The smallest absolute Gasteiger partial charge is 0.226 e. The molecule has 1 atom stereocenters. The highest BCUT2D eigenvalue weighted by Gasteiger charge is 2.19. The van der Waals surface area contributed by atoms with Gasteiger partial charge in [-0.1, -0.05) is 34.5 Å². The maximum absolute atomic E-state index is 13.9. The van der Waals surface area contributed by atoms with Crippen molar-refractivity contribution in [3.05, 3.63) is 51.8 Å². The lowest BCUT2D eigenvalue weighted by molar-refractivity contribution is -0.116. The highest BCUT2D eigenvalue weighted by molar-refractivity contribution is 7.22. The number of anilines is 1. The lowest BCUT2D eigenvalue weighted by atomic mass is 10.1. The van der Waals surface area contributed by atoms with Gasteiger partial charge in [-0.05, 0) is 50.2 Å². The normalized spacial score (nSPS) is 15.5. The first-order valence-electron chi connectivity index (χ1n) is 10.7. The molecule has 10 heteroatoms. The first kappa shape index (κ1) is 24.2. The van der Waals surface area contributed by atoms with E-state index in [1.165, 1.54) is 23.5 Å². The SMILES string of the molecule is CC(Oc1ccc2nc(NC(=O)CCCN3CCOCC3)sc2c1)c1c(Cl)ccc(F)c1Cl. The van der Waals surface area contributed by atoms with Crippen LogP contribution in [-0.2, 0) is 9.53 Å². The Bertz CT molecular complexity index is 1140. The summed E-state index contributed by atoms with van der Waals surface area (Å²) in [7, 11) is 0. The monoisotopic (exact) mass is 511 g/mol. The number of nitrogens with zero attached hydrogens (tertiary/aromatic N) is 2. The van der Waals surface area contributed by atoms with Gasteiger partial charge in [0.25, 0.3) is 0 Å². The molecule has 176 valence electrons. The van der Waals surface area contributed by atoms with Crippen LogP contribution in [0.25, 0.3) is 10.2 Å². The lowest BCUT2D eigenvalue weighted by Crippen LogP contribution is -2.37. The number of hydrogen-bond donors (Lipinski definition) is 1. The molecule has 1 fully saturated rings. The van der Waals surface area contributed by atoms with Crippen molar-refractivity contribution in [2.24, 2.45) is 0 Å². The van der Waals surface area contributed by atoms with Crippen LogP contribution in [0.1, 0.15) is 31.4 Å². The summed E-state index contributed by atoms with van der Waals surface area (Å²) in [4.78, 5) is 19.1. The maximum atomic E-state index is 13.9. The number of ether oxygens (including phenoxy) is 2. The molecule has 0 radical (unpaired) electrons. The molecule has 0 bridgehead atoms. The minimum Gasteiger partial charge on any atom is -0.486 e. The van der Waals surface area contributed by atoms with Crippen molar-refractivity contribution in [1.29, 1.82) is 0 Å². The predicted molar refractivity (Wildman–Crippen MR) is 130 cm³/mol. The summed E-state index contributed by atoms with van der Waals surface area (Å²) in [5, 5.41) is 3.72. The summed E-state index contributed by atoms with van der Waals surface area (Å²) < 4.78 is 26.0. The van der Waals surface area contributed by atoms with E-state index in [2.05, 4.69) is 15.2 Å². The van der Waals surface area contributed by atoms with Gasteiger partial charge >= 0.3 is 0 Å². The second-order valence-electron chi connectivity index (χ2n) is 7.77. The van der Waals surface area contributed by atoms with E-state index in [-0.39, 0.29) is 10.9 Å². The Morgan fingerprint density at radius 2 is 2.09 bits per heavy atom. The van der Waals surface area contributed by atoms with Crippen LogP contribution in [-0.4, -0.2) is 48.6 Å². The molecule has 0 spiro atoms. The fourth-order valence-electron chi connectivity index (χ4n) is 3.68. The fourth-order valence-corrected chi connectivity index (χ4v) is 5.27. The van der Waals surface area contributed by atoms with E-state index in [9.17, 15) is 9.18 Å². The van der Waals surface area contributed by atoms with E-state index in [0.717, 1.165) is 49.5 Å². The Morgan fingerprint density at radius 1 is 1.30 bits per heavy atom. The van der Waals surface area contributed by atoms with Crippen LogP contribution in [0.4, 0.5) is 9.52 Å². The van der Waals surface area contributed by atoms with Crippen LogP contribution in [0.15, 0.2) is 30.3 Å². The van der Waals surface area contributed by atoms with Crippen molar-refractivity contribution in [2.75, 3.05) is 38.2 Å². The predicted octanol–water partition coefficient (Wildman–Crippen LogP) is 5.93. The Labute approximate surface area is 205 Å². The molecule has 1 aliphatic heterocycles. The minimum absolute atomic E-state index is 0.0486. The number of carbonyl (C=O) groups excluding carboxylic acids is 1. The Hall–Kier alpha value is -1.97.